The molecule has 0 radical (unpaired) electrons. The fourth-order valence-electron chi connectivity index (χ4n) is 3.37. The number of rotatable bonds is 7. The number of nitrogens with zero attached hydrogens (tertiary/aromatic N) is 1. The van der Waals surface area contributed by atoms with E-state index in [1.807, 2.05) is 19.9 Å². The van der Waals surface area contributed by atoms with Crippen molar-refractivity contribution >= 4 is 33.4 Å². The fraction of sp³-hybridized carbons (Fsp3) is 0.304. The number of halogens is 1. The quantitative estimate of drug-likeness (QED) is 0.361. The number of aliphatic hydroxyl groups is 2. The molecule has 2 aromatic rings. The number of β-amino-alcohol motifs (C(OH)–C–C–N with tert-alkyl or cyclic N) is 1. The lowest BCUT2D eigenvalue weighted by molar-refractivity contribution is -0.140. The van der Waals surface area contributed by atoms with Gasteiger partial charge in [0.1, 0.15) is 11.5 Å². The van der Waals surface area contributed by atoms with Gasteiger partial charge in [0.15, 0.2) is 0 Å². The second-order valence-electron chi connectivity index (χ2n) is 7.50. The van der Waals surface area contributed by atoms with Gasteiger partial charge in [-0.25, -0.2) is 0 Å². The molecule has 0 bridgehead atoms. The Labute approximate surface area is 183 Å². The molecule has 1 fully saturated rings. The molecular formula is C23H24BrNO5. The summed E-state index contributed by atoms with van der Waals surface area (Å²) in [6, 6.07) is 13.2. The highest BCUT2D eigenvalue weighted by Crippen LogP contribution is 2.39. The molecule has 1 heterocycles. The first-order chi connectivity index (χ1) is 14.3. The van der Waals surface area contributed by atoms with E-state index >= 15 is 0 Å². The number of hydrogen-bond acceptors (Lipinski definition) is 5. The Morgan fingerprint density at radius 3 is 2.47 bits per heavy atom. The fourth-order valence-corrected chi connectivity index (χ4v) is 3.79. The normalized spacial score (nSPS) is 18.3. The number of aliphatic hydroxyl groups excluding tert-OH is 2. The smallest absolute Gasteiger partial charge is 0.295 e. The van der Waals surface area contributed by atoms with Crippen LogP contribution in [0.25, 0.3) is 5.76 Å². The molecule has 30 heavy (non-hydrogen) atoms. The Balaban J connectivity index is 2.04. The lowest BCUT2D eigenvalue weighted by atomic mass is 9.95. The third kappa shape index (κ3) is 4.57. The number of amides is 1. The number of benzene rings is 2. The van der Waals surface area contributed by atoms with E-state index in [0.717, 1.165) is 4.47 Å². The predicted molar refractivity (Wildman–Crippen MR) is 117 cm³/mol. The minimum absolute atomic E-state index is 0.00222. The predicted octanol–water partition coefficient (Wildman–Crippen LogP) is 3.90. The molecule has 3 rings (SSSR count). The summed E-state index contributed by atoms with van der Waals surface area (Å²) in [6.45, 7) is 4.36. The van der Waals surface area contributed by atoms with Crippen LogP contribution in [-0.2, 0) is 9.59 Å². The minimum Gasteiger partial charge on any atom is -0.507 e. The van der Waals surface area contributed by atoms with Gasteiger partial charge in [-0.2, -0.15) is 0 Å². The molecule has 2 N–H and O–H groups in total. The van der Waals surface area contributed by atoms with Gasteiger partial charge in [0, 0.05) is 16.6 Å². The van der Waals surface area contributed by atoms with Crippen molar-refractivity contribution in [1.82, 2.24) is 4.90 Å². The zero-order chi connectivity index (χ0) is 21.8. The van der Waals surface area contributed by atoms with E-state index < -0.39 is 17.7 Å². The lowest BCUT2D eigenvalue weighted by Crippen LogP contribution is -2.32. The lowest BCUT2D eigenvalue weighted by Gasteiger charge is -2.24. The molecule has 0 aliphatic carbocycles. The van der Waals surface area contributed by atoms with Gasteiger partial charge in [-0.15, -0.1) is 0 Å². The van der Waals surface area contributed by atoms with Crippen molar-refractivity contribution in [1.29, 1.82) is 0 Å². The Morgan fingerprint density at radius 2 is 1.87 bits per heavy atom. The number of carbonyl (C=O) groups excluding carboxylic acids is 2. The molecule has 1 aliphatic rings. The molecular weight excluding hydrogens is 450 g/mol. The highest BCUT2D eigenvalue weighted by atomic mass is 79.9. The SMILES string of the molecule is CC(C)COc1ccc(/C(O)=C2\C(=O)C(=O)N(CCO)C2c2cccc(Br)c2)cc1. The molecule has 1 unspecified atom stereocenters. The van der Waals surface area contributed by atoms with E-state index in [-0.39, 0.29) is 24.5 Å². The van der Waals surface area contributed by atoms with Crippen LogP contribution in [0.3, 0.4) is 0 Å². The molecule has 1 amide bonds. The first-order valence-electron chi connectivity index (χ1n) is 9.71. The van der Waals surface area contributed by atoms with Gasteiger partial charge in [0.25, 0.3) is 11.7 Å². The summed E-state index contributed by atoms with van der Waals surface area (Å²) in [4.78, 5) is 26.7. The third-order valence-electron chi connectivity index (χ3n) is 4.76. The van der Waals surface area contributed by atoms with Crippen LogP contribution < -0.4 is 4.74 Å². The van der Waals surface area contributed by atoms with Crippen molar-refractivity contribution in [2.45, 2.75) is 19.9 Å². The number of likely N-dealkylation sites (tertiary alicyclic amines) is 1. The second kappa shape index (κ2) is 9.45. The van der Waals surface area contributed by atoms with Gasteiger partial charge in [-0.1, -0.05) is 41.9 Å². The number of hydrogen-bond donors (Lipinski definition) is 2. The highest BCUT2D eigenvalue weighted by molar-refractivity contribution is 9.10. The largest absolute Gasteiger partial charge is 0.507 e. The number of Topliss-reactive ketones (excluding diaryl/α,β-unsaturated/α-hetero) is 1. The van der Waals surface area contributed by atoms with Gasteiger partial charge < -0.3 is 19.8 Å². The number of ketones is 1. The Morgan fingerprint density at radius 1 is 1.17 bits per heavy atom. The first-order valence-corrected chi connectivity index (χ1v) is 10.5. The standard InChI is InChI=1S/C23H24BrNO5/c1-14(2)13-30-18-8-6-15(7-9-18)21(27)19-20(16-4-3-5-17(24)12-16)25(10-11-26)23(29)22(19)28/h3-9,12,14,20,26-27H,10-11,13H2,1-2H3/b21-19+. The van der Waals surface area contributed by atoms with Gasteiger partial charge in [-0.05, 0) is 47.9 Å². The van der Waals surface area contributed by atoms with E-state index in [2.05, 4.69) is 15.9 Å². The van der Waals surface area contributed by atoms with Crippen LogP contribution >= 0.6 is 15.9 Å². The summed E-state index contributed by atoms with van der Waals surface area (Å²) in [6.07, 6.45) is 0. The number of ether oxygens (including phenoxy) is 1. The Kier molecular flexibility index (Phi) is 6.95. The molecule has 0 spiro atoms. The molecule has 1 atom stereocenters. The summed E-state index contributed by atoms with van der Waals surface area (Å²) in [5.74, 6) is -0.733. The second-order valence-corrected chi connectivity index (χ2v) is 8.42. The van der Waals surface area contributed by atoms with Crippen LogP contribution in [0, 0.1) is 5.92 Å². The average Bonchev–Trinajstić information content (AvgIpc) is 2.97. The van der Waals surface area contributed by atoms with E-state index in [9.17, 15) is 19.8 Å². The van der Waals surface area contributed by atoms with Crippen LogP contribution in [0.5, 0.6) is 5.75 Å². The molecule has 158 valence electrons. The van der Waals surface area contributed by atoms with Crippen molar-refractivity contribution in [3.8, 4) is 5.75 Å². The highest BCUT2D eigenvalue weighted by Gasteiger charge is 2.45. The zero-order valence-corrected chi connectivity index (χ0v) is 18.4. The van der Waals surface area contributed by atoms with Gasteiger partial charge in [0.2, 0.25) is 0 Å². The maximum atomic E-state index is 12.8. The summed E-state index contributed by atoms with van der Waals surface area (Å²) < 4.78 is 6.44. The molecule has 0 saturated carbocycles. The van der Waals surface area contributed by atoms with E-state index in [1.54, 1.807) is 42.5 Å². The third-order valence-corrected chi connectivity index (χ3v) is 5.25. The average molecular weight is 474 g/mol. The van der Waals surface area contributed by atoms with Gasteiger partial charge in [0.05, 0.1) is 24.8 Å². The van der Waals surface area contributed by atoms with Crippen LogP contribution in [0.4, 0.5) is 0 Å². The van der Waals surface area contributed by atoms with Crippen molar-refractivity contribution in [3.63, 3.8) is 0 Å². The van der Waals surface area contributed by atoms with Crippen molar-refractivity contribution in [3.05, 3.63) is 69.7 Å². The minimum atomic E-state index is -0.786. The molecule has 1 saturated heterocycles. The van der Waals surface area contributed by atoms with E-state index in [4.69, 9.17) is 4.74 Å². The van der Waals surface area contributed by atoms with Crippen molar-refractivity contribution in [2.75, 3.05) is 19.8 Å². The number of carbonyl (C=O) groups is 2. The Hall–Kier alpha value is -2.64. The zero-order valence-electron chi connectivity index (χ0n) is 16.8. The van der Waals surface area contributed by atoms with E-state index in [1.165, 1.54) is 4.90 Å². The first kappa shape index (κ1) is 22.1. The van der Waals surface area contributed by atoms with Crippen LogP contribution in [0.2, 0.25) is 0 Å². The topological polar surface area (TPSA) is 87.1 Å². The maximum Gasteiger partial charge on any atom is 0.295 e. The van der Waals surface area contributed by atoms with Crippen LogP contribution in [-0.4, -0.2) is 46.6 Å². The van der Waals surface area contributed by atoms with E-state index in [0.29, 0.717) is 29.4 Å². The van der Waals surface area contributed by atoms with Crippen LogP contribution in [0.15, 0.2) is 58.6 Å². The monoisotopic (exact) mass is 473 g/mol. The molecule has 1 aliphatic heterocycles. The summed E-state index contributed by atoms with van der Waals surface area (Å²) in [7, 11) is 0. The maximum absolute atomic E-state index is 12.8. The molecule has 0 aromatic heterocycles. The summed E-state index contributed by atoms with van der Waals surface area (Å²) >= 11 is 3.40. The van der Waals surface area contributed by atoms with Gasteiger partial charge >= 0.3 is 0 Å². The molecule has 7 heteroatoms. The van der Waals surface area contributed by atoms with Gasteiger partial charge in [-0.3, -0.25) is 9.59 Å². The summed E-state index contributed by atoms with van der Waals surface area (Å²) in [5, 5.41) is 20.4. The van der Waals surface area contributed by atoms with Crippen molar-refractivity contribution in [2.24, 2.45) is 5.92 Å². The van der Waals surface area contributed by atoms with Crippen molar-refractivity contribution < 1.29 is 24.5 Å². The van der Waals surface area contributed by atoms with Crippen LogP contribution in [0.1, 0.15) is 31.0 Å². The Bertz CT molecular complexity index is 968. The molecule has 2 aromatic carbocycles. The summed E-state index contributed by atoms with van der Waals surface area (Å²) in [5.41, 5.74) is 1.08. The molecule has 6 nitrogen and oxygen atoms in total.